The third-order valence-corrected chi connectivity index (χ3v) is 4.11. The van der Waals surface area contributed by atoms with E-state index in [0.29, 0.717) is 11.1 Å². The highest BCUT2D eigenvalue weighted by Gasteiger charge is 2.24. The van der Waals surface area contributed by atoms with Crippen LogP contribution in [0.25, 0.3) is 11.2 Å². The van der Waals surface area contributed by atoms with Gasteiger partial charge in [0.15, 0.2) is 16.6 Å². The molecule has 0 spiro atoms. The zero-order valence-electron chi connectivity index (χ0n) is 15.1. The summed E-state index contributed by atoms with van der Waals surface area (Å²) in [6.07, 6.45) is 9.60. The monoisotopic (exact) mass is 346 g/mol. The summed E-state index contributed by atoms with van der Waals surface area (Å²) in [7, 11) is 0. The topological polar surface area (TPSA) is 43.1 Å². The molecule has 2 aromatic rings. The molecule has 130 valence electrons. The van der Waals surface area contributed by atoms with E-state index in [9.17, 15) is 0 Å². The molecule has 0 saturated heterocycles. The molecule has 5 heteroatoms. The molecule has 2 heterocycles. The number of rotatable bonds is 3. The number of hydrogen-bond acceptors (Lipinski definition) is 3. The lowest BCUT2D eigenvalue weighted by Gasteiger charge is -2.25. The van der Waals surface area contributed by atoms with Gasteiger partial charge < -0.3 is 0 Å². The van der Waals surface area contributed by atoms with Crippen LogP contribution >= 0.6 is 11.6 Å². The minimum Gasteiger partial charge on any atom is -0.192 e. The van der Waals surface area contributed by atoms with Gasteiger partial charge in [0.2, 0.25) is 0 Å². The lowest BCUT2D eigenvalue weighted by atomic mass is 9.81. The summed E-state index contributed by atoms with van der Waals surface area (Å²) in [5.74, 6) is 1.28. The fourth-order valence-electron chi connectivity index (χ4n) is 2.39. The Hall–Kier alpha value is -1.94. The molecule has 0 bridgehead atoms. The number of aromatic nitrogens is 4. The van der Waals surface area contributed by atoms with E-state index < -0.39 is 0 Å². The quantitative estimate of drug-likeness (QED) is 0.517. The largest absolute Gasteiger partial charge is 0.192 e. The van der Waals surface area contributed by atoms with Crippen molar-refractivity contribution in [2.24, 2.45) is 0 Å². The second-order valence-corrected chi connectivity index (χ2v) is 5.55. The summed E-state index contributed by atoms with van der Waals surface area (Å²) in [6.45, 7) is 14.0. The molecule has 0 amide bonds. The molecule has 1 aliphatic rings. The molecule has 0 aromatic carbocycles. The van der Waals surface area contributed by atoms with Crippen molar-refractivity contribution < 1.29 is 0 Å². The van der Waals surface area contributed by atoms with Crippen LogP contribution in [-0.4, -0.2) is 19.8 Å². The van der Waals surface area contributed by atoms with E-state index >= 15 is 0 Å². The average molecular weight is 347 g/mol. The summed E-state index contributed by atoms with van der Waals surface area (Å²) in [6, 6.07) is 2.03. The van der Waals surface area contributed by atoms with Gasteiger partial charge in [0.05, 0.1) is 0 Å². The first-order valence-electron chi connectivity index (χ1n) is 8.42. The van der Waals surface area contributed by atoms with Crippen LogP contribution in [0.4, 0.5) is 0 Å². The Morgan fingerprint density at radius 2 is 1.96 bits per heavy atom. The Balaban J connectivity index is 0.000000671. The smallest absolute Gasteiger partial charge is 0.181 e. The van der Waals surface area contributed by atoms with E-state index in [1.165, 1.54) is 19.3 Å². The van der Waals surface area contributed by atoms with Crippen molar-refractivity contribution in [2.45, 2.75) is 52.9 Å². The van der Waals surface area contributed by atoms with Crippen LogP contribution in [0.5, 0.6) is 0 Å². The number of hydrogen-bond donors (Lipinski definition) is 0. The van der Waals surface area contributed by atoms with Gasteiger partial charge >= 0.3 is 0 Å². The second kappa shape index (κ2) is 10.0. The minimum atomic E-state index is 0.541. The van der Waals surface area contributed by atoms with E-state index in [1.807, 2.05) is 52.0 Å². The van der Waals surface area contributed by atoms with Gasteiger partial charge in [-0.3, -0.25) is 0 Å². The van der Waals surface area contributed by atoms with Crippen molar-refractivity contribution in [2.75, 3.05) is 0 Å². The van der Waals surface area contributed by atoms with E-state index in [0.717, 1.165) is 22.6 Å². The van der Waals surface area contributed by atoms with Gasteiger partial charge in [-0.1, -0.05) is 50.1 Å². The standard InChI is InChI=1S/C15H17ClN4.C2H6.C2H4/c1-3-4-6-10(2)15-18-17-13-9-12(11-7-5-8-11)14(16)19-20(13)15;2*1-2/h3-4,6,9,11H,5,7-8H2,1-2H3;1-2H3;1-2H2/b4-3-,10-6+;;. The molecule has 0 atom stereocenters. The highest BCUT2D eigenvalue weighted by atomic mass is 35.5. The van der Waals surface area contributed by atoms with Crippen molar-refractivity contribution in [1.82, 2.24) is 19.8 Å². The van der Waals surface area contributed by atoms with E-state index in [2.05, 4.69) is 28.5 Å². The first-order chi connectivity index (χ1) is 11.7. The SMILES string of the molecule is C/C=C\C=C(/C)c1nnc2cc(C3CCC3)c(Cl)nn12.C=C.CC. The van der Waals surface area contributed by atoms with Crippen molar-refractivity contribution in [3.8, 4) is 0 Å². The average Bonchev–Trinajstić information content (AvgIpc) is 2.98. The van der Waals surface area contributed by atoms with Gasteiger partial charge in [0.25, 0.3) is 0 Å². The Labute approximate surface area is 149 Å². The van der Waals surface area contributed by atoms with Crippen LogP contribution in [0.15, 0.2) is 37.5 Å². The highest BCUT2D eigenvalue weighted by Crippen LogP contribution is 2.39. The van der Waals surface area contributed by atoms with Crippen molar-refractivity contribution in [3.63, 3.8) is 0 Å². The van der Waals surface area contributed by atoms with Gasteiger partial charge in [-0.25, -0.2) is 0 Å². The molecule has 0 radical (unpaired) electrons. The van der Waals surface area contributed by atoms with Crippen molar-refractivity contribution >= 4 is 22.8 Å². The number of nitrogens with zero attached hydrogens (tertiary/aromatic N) is 4. The first-order valence-corrected chi connectivity index (χ1v) is 8.80. The zero-order valence-corrected chi connectivity index (χ0v) is 15.8. The highest BCUT2D eigenvalue weighted by molar-refractivity contribution is 6.30. The summed E-state index contributed by atoms with van der Waals surface area (Å²) in [5.41, 5.74) is 2.88. The maximum Gasteiger partial charge on any atom is 0.181 e. The molecule has 3 rings (SSSR count). The maximum absolute atomic E-state index is 6.33. The normalized spacial score (nSPS) is 14.6. The third kappa shape index (κ3) is 4.32. The number of fused-ring (bicyclic) bond motifs is 1. The number of allylic oxidation sites excluding steroid dienone is 4. The molecule has 0 unspecified atom stereocenters. The molecule has 1 aliphatic carbocycles. The Morgan fingerprint density at radius 1 is 1.29 bits per heavy atom. The van der Waals surface area contributed by atoms with Gasteiger partial charge in [-0.05, 0) is 49.8 Å². The van der Waals surface area contributed by atoms with Crippen LogP contribution in [0, 0.1) is 0 Å². The van der Waals surface area contributed by atoms with E-state index in [1.54, 1.807) is 4.52 Å². The molecule has 0 aliphatic heterocycles. The lowest BCUT2D eigenvalue weighted by molar-refractivity contribution is 0.418. The van der Waals surface area contributed by atoms with Crippen LogP contribution in [0.2, 0.25) is 5.15 Å². The van der Waals surface area contributed by atoms with Gasteiger partial charge in [-0.15, -0.1) is 23.4 Å². The maximum atomic E-state index is 6.33. The summed E-state index contributed by atoms with van der Waals surface area (Å²) in [4.78, 5) is 0. The number of halogens is 1. The second-order valence-electron chi connectivity index (χ2n) is 5.19. The molecule has 1 saturated carbocycles. The molecular weight excluding hydrogens is 320 g/mol. The molecule has 2 aromatic heterocycles. The molecule has 0 N–H and O–H groups in total. The van der Waals surface area contributed by atoms with E-state index in [4.69, 9.17) is 11.6 Å². The molecule has 1 fully saturated rings. The molecule has 24 heavy (non-hydrogen) atoms. The Bertz CT molecular complexity index is 711. The summed E-state index contributed by atoms with van der Waals surface area (Å²) < 4.78 is 1.72. The van der Waals surface area contributed by atoms with Crippen molar-refractivity contribution in [1.29, 1.82) is 0 Å². The van der Waals surface area contributed by atoms with E-state index in [-0.39, 0.29) is 0 Å². The lowest BCUT2D eigenvalue weighted by Crippen LogP contribution is -2.11. The fourth-order valence-corrected chi connectivity index (χ4v) is 2.68. The Morgan fingerprint density at radius 3 is 2.50 bits per heavy atom. The van der Waals surface area contributed by atoms with Crippen molar-refractivity contribution in [3.05, 3.63) is 54.0 Å². The van der Waals surface area contributed by atoms with Crippen LogP contribution in [0.3, 0.4) is 0 Å². The summed E-state index contributed by atoms with van der Waals surface area (Å²) >= 11 is 6.33. The first kappa shape index (κ1) is 20.1. The molecule has 4 nitrogen and oxygen atoms in total. The minimum absolute atomic E-state index is 0.541. The van der Waals surface area contributed by atoms with Crippen LogP contribution in [0.1, 0.15) is 64.3 Å². The predicted octanol–water partition coefficient (Wildman–Crippen LogP) is 5.85. The van der Waals surface area contributed by atoms with Gasteiger partial charge in [-0.2, -0.15) is 9.61 Å². The summed E-state index contributed by atoms with van der Waals surface area (Å²) in [5, 5.41) is 13.5. The molecular formula is C19H27ClN4. The van der Waals surface area contributed by atoms with Crippen LogP contribution < -0.4 is 0 Å². The van der Waals surface area contributed by atoms with Gasteiger partial charge in [0.1, 0.15) is 0 Å². The zero-order chi connectivity index (χ0) is 18.1. The van der Waals surface area contributed by atoms with Crippen LogP contribution in [-0.2, 0) is 0 Å². The Kier molecular flexibility index (Phi) is 8.41. The third-order valence-electron chi connectivity index (χ3n) is 3.81. The van der Waals surface area contributed by atoms with Gasteiger partial charge in [0, 0.05) is 0 Å². The fraction of sp³-hybridized carbons (Fsp3) is 0.421. The predicted molar refractivity (Wildman–Crippen MR) is 103 cm³/mol.